The molecule has 0 heterocycles. The third-order valence-electron chi connectivity index (χ3n) is 2.81. The first-order valence-electron chi connectivity index (χ1n) is 5.84. The summed E-state index contributed by atoms with van der Waals surface area (Å²) in [5.74, 6) is -1.83. The lowest BCUT2D eigenvalue weighted by atomic mass is 9.98. The Morgan fingerprint density at radius 3 is 2.37 bits per heavy atom. The van der Waals surface area contributed by atoms with E-state index in [1.54, 1.807) is 6.92 Å². The molecule has 0 aromatic heterocycles. The van der Waals surface area contributed by atoms with E-state index in [4.69, 9.17) is 15.6 Å². The second-order valence-electron chi connectivity index (χ2n) is 4.29. The molecule has 0 saturated carbocycles. The lowest BCUT2D eigenvalue weighted by Crippen LogP contribution is -2.58. The zero-order chi connectivity index (χ0) is 15.1. The van der Waals surface area contributed by atoms with Gasteiger partial charge in [-0.25, -0.2) is 4.79 Å². The van der Waals surface area contributed by atoms with Crippen molar-refractivity contribution in [1.82, 2.24) is 10.2 Å². The molecule has 0 spiro atoms. The Labute approximate surface area is 111 Å². The number of carbonyl (C=O) groups excluding carboxylic acids is 2. The summed E-state index contributed by atoms with van der Waals surface area (Å²) in [6.07, 6.45) is 0.305. The molecule has 0 aliphatic heterocycles. The minimum Gasteiger partial charge on any atom is -0.480 e. The molecule has 0 saturated heterocycles. The number of methoxy groups -OCH3 is 1. The van der Waals surface area contributed by atoms with Gasteiger partial charge in [-0.1, -0.05) is 6.92 Å². The minimum absolute atomic E-state index is 0.104. The number of hydrogen-bond acceptors (Lipinski definition) is 4. The number of nitrogens with zero attached hydrogens (tertiary/aromatic N) is 1. The Morgan fingerprint density at radius 1 is 1.42 bits per heavy atom. The molecule has 3 amide bonds. The van der Waals surface area contributed by atoms with Crippen molar-refractivity contribution in [1.29, 1.82) is 0 Å². The van der Waals surface area contributed by atoms with Crippen LogP contribution in [0.25, 0.3) is 0 Å². The maximum Gasteiger partial charge on any atom is 0.323 e. The van der Waals surface area contributed by atoms with E-state index in [-0.39, 0.29) is 13.2 Å². The Hall–Kier alpha value is -1.83. The average molecular weight is 275 g/mol. The van der Waals surface area contributed by atoms with Gasteiger partial charge in [-0.2, -0.15) is 0 Å². The molecule has 8 heteroatoms. The first-order valence-corrected chi connectivity index (χ1v) is 5.84. The molecule has 0 aromatic rings. The molecule has 1 atom stereocenters. The molecule has 0 radical (unpaired) electrons. The van der Waals surface area contributed by atoms with Crippen LogP contribution in [0.15, 0.2) is 0 Å². The highest BCUT2D eigenvalue weighted by Gasteiger charge is 2.32. The summed E-state index contributed by atoms with van der Waals surface area (Å²) in [5, 5.41) is 11.2. The van der Waals surface area contributed by atoms with Crippen molar-refractivity contribution in [2.75, 3.05) is 26.8 Å². The highest BCUT2D eigenvalue weighted by molar-refractivity contribution is 5.90. The van der Waals surface area contributed by atoms with Gasteiger partial charge in [0.1, 0.15) is 12.1 Å². The van der Waals surface area contributed by atoms with Crippen molar-refractivity contribution in [3.05, 3.63) is 0 Å². The van der Waals surface area contributed by atoms with Crippen LogP contribution >= 0.6 is 0 Å². The van der Waals surface area contributed by atoms with Gasteiger partial charge >= 0.3 is 12.0 Å². The average Bonchev–Trinajstić information content (AvgIpc) is 2.33. The van der Waals surface area contributed by atoms with Crippen LogP contribution in [0.1, 0.15) is 20.3 Å². The first-order chi connectivity index (χ1) is 8.76. The van der Waals surface area contributed by atoms with Gasteiger partial charge < -0.3 is 25.8 Å². The third-order valence-corrected chi connectivity index (χ3v) is 2.81. The van der Waals surface area contributed by atoms with Crippen molar-refractivity contribution in [3.8, 4) is 0 Å². The van der Waals surface area contributed by atoms with E-state index in [2.05, 4.69) is 5.32 Å². The number of hydrogen-bond donors (Lipinski definition) is 3. The predicted octanol–water partition coefficient (Wildman–Crippen LogP) is -0.617. The summed E-state index contributed by atoms with van der Waals surface area (Å²) in [7, 11) is 1.44. The van der Waals surface area contributed by atoms with Crippen LogP contribution in [0, 0.1) is 0 Å². The van der Waals surface area contributed by atoms with Crippen molar-refractivity contribution >= 4 is 17.9 Å². The normalized spacial score (nSPS) is 13.4. The fraction of sp³-hybridized carbons (Fsp3) is 0.727. The van der Waals surface area contributed by atoms with Crippen LogP contribution in [-0.4, -0.2) is 60.3 Å². The van der Waals surface area contributed by atoms with E-state index in [1.807, 2.05) is 0 Å². The quantitative estimate of drug-likeness (QED) is 0.545. The van der Waals surface area contributed by atoms with E-state index < -0.39 is 30.0 Å². The number of aliphatic carboxylic acids is 1. The second-order valence-corrected chi connectivity index (χ2v) is 4.29. The molecule has 0 fully saturated rings. The number of urea groups is 1. The molecular formula is C11H21N3O5. The van der Waals surface area contributed by atoms with Crippen LogP contribution in [-0.2, 0) is 14.3 Å². The molecule has 4 N–H and O–H groups in total. The van der Waals surface area contributed by atoms with Gasteiger partial charge in [0.25, 0.3) is 0 Å². The smallest absolute Gasteiger partial charge is 0.323 e. The van der Waals surface area contributed by atoms with E-state index in [1.165, 1.54) is 14.0 Å². The van der Waals surface area contributed by atoms with Gasteiger partial charge in [0.2, 0.25) is 5.91 Å². The highest BCUT2D eigenvalue weighted by Crippen LogP contribution is 2.09. The summed E-state index contributed by atoms with van der Waals surface area (Å²) in [5.41, 5.74) is 4.01. The lowest BCUT2D eigenvalue weighted by molar-refractivity contribution is -0.137. The monoisotopic (exact) mass is 275 g/mol. The number of rotatable bonds is 8. The largest absolute Gasteiger partial charge is 0.480 e. The zero-order valence-corrected chi connectivity index (χ0v) is 11.4. The van der Waals surface area contributed by atoms with Gasteiger partial charge in [0, 0.05) is 13.7 Å². The molecule has 8 nitrogen and oxygen atoms in total. The molecule has 0 bridgehead atoms. The molecule has 0 aliphatic carbocycles. The van der Waals surface area contributed by atoms with Crippen LogP contribution in [0.2, 0.25) is 0 Å². The Kier molecular flexibility index (Phi) is 6.84. The molecule has 0 rings (SSSR count). The maximum atomic E-state index is 12.0. The number of carboxylic acid groups (broad SMARTS) is 1. The Morgan fingerprint density at radius 2 is 2.00 bits per heavy atom. The fourth-order valence-corrected chi connectivity index (χ4v) is 1.26. The summed E-state index contributed by atoms with van der Waals surface area (Å²) in [4.78, 5) is 35.0. The van der Waals surface area contributed by atoms with Gasteiger partial charge in [0.15, 0.2) is 0 Å². The van der Waals surface area contributed by atoms with Crippen LogP contribution in [0.4, 0.5) is 4.79 Å². The van der Waals surface area contributed by atoms with E-state index >= 15 is 0 Å². The van der Waals surface area contributed by atoms with Crippen molar-refractivity contribution < 1.29 is 24.2 Å². The maximum absolute atomic E-state index is 12.0. The van der Waals surface area contributed by atoms with Gasteiger partial charge in [-0.05, 0) is 13.3 Å². The van der Waals surface area contributed by atoms with E-state index in [0.717, 1.165) is 4.90 Å². The third kappa shape index (κ3) is 5.56. The number of ether oxygens (including phenoxy) is 1. The zero-order valence-electron chi connectivity index (χ0n) is 11.4. The van der Waals surface area contributed by atoms with E-state index in [0.29, 0.717) is 6.42 Å². The molecule has 0 aromatic carbocycles. The summed E-state index contributed by atoms with van der Waals surface area (Å²) in [6, 6.07) is -0.664. The summed E-state index contributed by atoms with van der Waals surface area (Å²) >= 11 is 0. The van der Waals surface area contributed by atoms with Crippen LogP contribution < -0.4 is 11.1 Å². The molecule has 1 unspecified atom stereocenters. The lowest BCUT2D eigenvalue weighted by Gasteiger charge is -2.30. The number of primary amides is 1. The minimum atomic E-state index is -1.21. The SMILES string of the molecule is CCC(C)(NC(=O)N(CCOC)CC(=O)O)C(N)=O. The molecular weight excluding hydrogens is 254 g/mol. The number of amides is 3. The van der Waals surface area contributed by atoms with Crippen LogP contribution in [0.3, 0.4) is 0 Å². The summed E-state index contributed by atoms with van der Waals surface area (Å²) in [6.45, 7) is 3.01. The number of carboxylic acids is 1. The van der Waals surface area contributed by atoms with Crippen molar-refractivity contribution in [2.24, 2.45) is 5.73 Å². The fourth-order valence-electron chi connectivity index (χ4n) is 1.26. The highest BCUT2D eigenvalue weighted by atomic mass is 16.5. The number of nitrogens with one attached hydrogen (secondary N) is 1. The van der Waals surface area contributed by atoms with Gasteiger partial charge in [-0.15, -0.1) is 0 Å². The Bertz CT molecular complexity index is 347. The first kappa shape index (κ1) is 17.2. The van der Waals surface area contributed by atoms with Crippen molar-refractivity contribution in [2.45, 2.75) is 25.8 Å². The Balaban J connectivity index is 4.79. The standard InChI is InChI=1S/C11H21N3O5/c1-4-11(2,9(12)17)13-10(18)14(5-6-19-3)7-8(15)16/h4-7H2,1-3H3,(H2,12,17)(H,13,18)(H,15,16). The van der Waals surface area contributed by atoms with E-state index in [9.17, 15) is 14.4 Å². The summed E-state index contributed by atoms with van der Waals surface area (Å²) < 4.78 is 4.80. The molecule has 0 aliphatic rings. The van der Waals surface area contributed by atoms with Gasteiger partial charge in [0.05, 0.1) is 6.61 Å². The topological polar surface area (TPSA) is 122 Å². The molecule has 110 valence electrons. The van der Waals surface area contributed by atoms with Gasteiger partial charge in [-0.3, -0.25) is 9.59 Å². The predicted molar refractivity (Wildman–Crippen MR) is 67.5 cm³/mol. The molecule has 19 heavy (non-hydrogen) atoms. The van der Waals surface area contributed by atoms with Crippen LogP contribution in [0.5, 0.6) is 0 Å². The number of carbonyl (C=O) groups is 3. The number of nitrogens with two attached hydrogens (primary N) is 1. The second kappa shape index (κ2) is 7.57. The van der Waals surface area contributed by atoms with Crippen molar-refractivity contribution in [3.63, 3.8) is 0 Å².